The molecular weight excluding hydrogens is 1450 g/mol. The highest BCUT2D eigenvalue weighted by molar-refractivity contribution is 6.18. The van der Waals surface area contributed by atoms with Crippen molar-refractivity contribution in [3.63, 3.8) is 0 Å². The first-order valence-corrected chi connectivity index (χ1v) is 40.7. The number of rotatable bonds is 12. The van der Waals surface area contributed by atoms with Gasteiger partial charge < -0.3 is 23.2 Å². The minimum absolute atomic E-state index is 0.556. The number of hydrogen-bond acceptors (Lipinski definition) is 3. The fraction of sp³-hybridized carbons (Fsp3) is 0. The second-order valence-electron chi connectivity index (χ2n) is 31.3. The van der Waals surface area contributed by atoms with Crippen LogP contribution in [0.3, 0.4) is 0 Å². The standard InChI is InChI=1S/C110H69N9/c1-6-26-76(27-7-1)113(77-28-8-2-9-29-77)81-53-61-106-94(68-81)87-40-20-25-45-101(87)118(106)109-95-69-82(117-100-44-24-19-39-86(100)91-65-71(49-58-105(91)117)70-46-55-102-88(62-70)83-36-16-21-41-97(83)114(102)78-30-10-3-11-31-78)52-54-96(95)111-110(112-109)119-107-59-50-74(72-47-56-103-89(63-72)84-37-17-22-42-98(84)115(103)79-32-12-4-13-33-79)66-92(107)93-67-75(51-60-108(93)119)73-48-57-104-90(64-73)85-38-18-23-43-99(85)116(104)80-34-14-5-15-35-80/h1-69H. The molecule has 9 heteroatoms. The van der Waals surface area contributed by atoms with Gasteiger partial charge >= 0.3 is 0 Å². The zero-order valence-electron chi connectivity index (χ0n) is 64.4. The third kappa shape index (κ3) is 10.3. The molecule has 0 aliphatic heterocycles. The van der Waals surface area contributed by atoms with Crippen molar-refractivity contribution in [3.8, 4) is 67.9 Å². The molecule has 7 heterocycles. The van der Waals surface area contributed by atoms with Gasteiger partial charge in [0.15, 0.2) is 5.82 Å². The summed E-state index contributed by atoms with van der Waals surface area (Å²) in [6.45, 7) is 0. The van der Waals surface area contributed by atoms with Crippen molar-refractivity contribution in [3.05, 3.63) is 419 Å². The topological polar surface area (TPSA) is 58.6 Å². The van der Waals surface area contributed by atoms with Crippen molar-refractivity contribution < 1.29 is 0 Å². The van der Waals surface area contributed by atoms with Crippen molar-refractivity contribution >= 4 is 159 Å². The van der Waals surface area contributed by atoms with Gasteiger partial charge in [-0.05, 0) is 234 Å². The van der Waals surface area contributed by atoms with Crippen LogP contribution < -0.4 is 4.90 Å². The monoisotopic (exact) mass is 1520 g/mol. The van der Waals surface area contributed by atoms with E-state index in [2.05, 4.69) is 451 Å². The SMILES string of the molecule is c1ccc(N(c2ccccc2)c2ccc3c(c2)c2ccccc2n3-c2nc(-n3c4ccc(-c5ccc6c(c5)c5ccccc5n6-c5ccccc5)cc4c4cc(-c5ccc6c(c5)c5ccccc5n6-c5ccccc5)ccc43)nc3ccc(-n4c5ccccc5c5cc(-c6ccc7c(c6)c6ccccc6n7-c6ccccc6)ccc54)cc23)cc1. The van der Waals surface area contributed by atoms with Gasteiger partial charge in [-0.15, -0.1) is 0 Å². The number of nitrogens with zero attached hydrogens (tertiary/aromatic N) is 9. The van der Waals surface area contributed by atoms with Crippen LogP contribution in [0, 0.1) is 0 Å². The lowest BCUT2D eigenvalue weighted by atomic mass is 9.98. The van der Waals surface area contributed by atoms with Crippen LogP contribution in [0.25, 0.3) is 210 Å². The molecular formula is C110H69N9. The summed E-state index contributed by atoms with van der Waals surface area (Å²) in [6, 6.07) is 153. The van der Waals surface area contributed by atoms with E-state index >= 15 is 0 Å². The number of benzene rings is 18. The van der Waals surface area contributed by atoms with Crippen molar-refractivity contribution in [1.82, 2.24) is 37.4 Å². The summed E-state index contributed by atoms with van der Waals surface area (Å²) < 4.78 is 14.3. The zero-order valence-corrected chi connectivity index (χ0v) is 64.4. The third-order valence-electron chi connectivity index (χ3n) is 24.8. The van der Waals surface area contributed by atoms with Crippen LogP contribution in [0.4, 0.5) is 17.1 Å². The summed E-state index contributed by atoms with van der Waals surface area (Å²) in [6.07, 6.45) is 0. The van der Waals surface area contributed by atoms with E-state index in [4.69, 9.17) is 9.97 Å². The Bertz CT molecular complexity index is 8220. The molecule has 0 bridgehead atoms. The first kappa shape index (κ1) is 66.3. The van der Waals surface area contributed by atoms with Gasteiger partial charge in [-0.1, -0.05) is 218 Å². The molecule has 0 amide bonds. The Kier molecular flexibility index (Phi) is 14.6. The molecule has 119 heavy (non-hydrogen) atoms. The fourth-order valence-corrected chi connectivity index (χ4v) is 19.5. The van der Waals surface area contributed by atoms with Gasteiger partial charge in [-0.3, -0.25) is 9.13 Å². The zero-order chi connectivity index (χ0) is 77.9. The average molecular weight is 1520 g/mol. The predicted octanol–water partition coefficient (Wildman–Crippen LogP) is 28.7. The molecule has 554 valence electrons. The molecule has 0 saturated carbocycles. The Hall–Kier alpha value is -16.1. The Morgan fingerprint density at radius 3 is 0.790 bits per heavy atom. The van der Waals surface area contributed by atoms with E-state index < -0.39 is 0 Å². The molecule has 0 spiro atoms. The van der Waals surface area contributed by atoms with E-state index in [1.54, 1.807) is 0 Å². The molecule has 0 atom stereocenters. The van der Waals surface area contributed by atoms with Crippen molar-refractivity contribution in [2.45, 2.75) is 0 Å². The number of para-hydroxylation sites is 10. The van der Waals surface area contributed by atoms with Crippen LogP contribution in [-0.2, 0) is 0 Å². The maximum atomic E-state index is 6.12. The van der Waals surface area contributed by atoms with Crippen LogP contribution in [0.15, 0.2) is 419 Å². The highest BCUT2D eigenvalue weighted by Gasteiger charge is 2.27. The van der Waals surface area contributed by atoms with Gasteiger partial charge in [0.1, 0.15) is 0 Å². The second-order valence-corrected chi connectivity index (χ2v) is 31.3. The Labute approximate surface area is 683 Å². The molecule has 0 unspecified atom stereocenters. The van der Waals surface area contributed by atoms with E-state index in [-0.39, 0.29) is 0 Å². The van der Waals surface area contributed by atoms with Crippen LogP contribution in [0.5, 0.6) is 0 Å². The van der Waals surface area contributed by atoms with Crippen LogP contribution in [-0.4, -0.2) is 37.4 Å². The van der Waals surface area contributed by atoms with Gasteiger partial charge in [0, 0.05) is 110 Å². The molecule has 0 saturated heterocycles. The summed E-state index contributed by atoms with van der Waals surface area (Å²) >= 11 is 0. The highest BCUT2D eigenvalue weighted by Crippen LogP contribution is 2.47. The molecule has 0 radical (unpaired) electrons. The van der Waals surface area contributed by atoms with E-state index in [0.717, 1.165) is 156 Å². The molecule has 25 aromatic rings. The Balaban J connectivity index is 0.712. The van der Waals surface area contributed by atoms with Gasteiger partial charge in [-0.25, -0.2) is 4.98 Å². The summed E-state index contributed by atoms with van der Waals surface area (Å²) in [5.41, 5.74) is 28.4. The molecule has 0 N–H and O–H groups in total. The molecule has 0 fully saturated rings. The van der Waals surface area contributed by atoms with E-state index in [9.17, 15) is 0 Å². The van der Waals surface area contributed by atoms with Gasteiger partial charge in [-0.2, -0.15) is 4.98 Å². The summed E-state index contributed by atoms with van der Waals surface area (Å²) in [5, 5.41) is 14.9. The van der Waals surface area contributed by atoms with Gasteiger partial charge in [0.25, 0.3) is 0 Å². The van der Waals surface area contributed by atoms with Crippen molar-refractivity contribution in [2.24, 2.45) is 0 Å². The number of fused-ring (bicyclic) bond motifs is 19. The van der Waals surface area contributed by atoms with Crippen LogP contribution in [0.1, 0.15) is 0 Å². The predicted molar refractivity (Wildman–Crippen MR) is 497 cm³/mol. The lowest BCUT2D eigenvalue weighted by Crippen LogP contribution is -2.10. The molecule has 0 aliphatic rings. The van der Waals surface area contributed by atoms with E-state index in [1.165, 1.54) is 65.2 Å². The number of hydrogen-bond donors (Lipinski definition) is 0. The van der Waals surface area contributed by atoms with E-state index in [1.807, 2.05) is 0 Å². The molecule has 0 aliphatic carbocycles. The van der Waals surface area contributed by atoms with Crippen molar-refractivity contribution in [2.75, 3.05) is 4.90 Å². The van der Waals surface area contributed by atoms with Gasteiger partial charge in [0.2, 0.25) is 5.95 Å². The first-order valence-electron chi connectivity index (χ1n) is 40.7. The van der Waals surface area contributed by atoms with Crippen molar-refractivity contribution in [1.29, 1.82) is 0 Å². The largest absolute Gasteiger partial charge is 0.310 e. The lowest BCUT2D eigenvalue weighted by Gasteiger charge is -2.25. The fourth-order valence-electron chi connectivity index (χ4n) is 19.5. The Morgan fingerprint density at radius 1 is 0.160 bits per heavy atom. The molecule has 18 aromatic carbocycles. The van der Waals surface area contributed by atoms with Crippen LogP contribution in [0.2, 0.25) is 0 Å². The summed E-state index contributed by atoms with van der Waals surface area (Å²) in [7, 11) is 0. The summed E-state index contributed by atoms with van der Waals surface area (Å²) in [4.78, 5) is 14.3. The second kappa shape index (κ2) is 26.2. The van der Waals surface area contributed by atoms with E-state index in [0.29, 0.717) is 5.95 Å². The molecule has 7 aromatic heterocycles. The van der Waals surface area contributed by atoms with Crippen LogP contribution >= 0.6 is 0 Å². The molecule has 25 rings (SSSR count). The third-order valence-corrected chi connectivity index (χ3v) is 24.8. The molecule has 9 nitrogen and oxygen atoms in total. The number of aromatic nitrogens is 8. The Morgan fingerprint density at radius 2 is 0.429 bits per heavy atom. The average Bonchev–Trinajstić information content (AvgIpc) is 1.58. The smallest absolute Gasteiger partial charge is 0.237 e. The first-order chi connectivity index (χ1) is 59.0. The lowest BCUT2D eigenvalue weighted by molar-refractivity contribution is 0.972. The maximum absolute atomic E-state index is 6.12. The van der Waals surface area contributed by atoms with Gasteiger partial charge in [0.05, 0.1) is 71.7 Å². The summed E-state index contributed by atoms with van der Waals surface area (Å²) in [5.74, 6) is 1.31. The maximum Gasteiger partial charge on any atom is 0.237 e. The minimum atomic E-state index is 0.556. The number of anilines is 3. The minimum Gasteiger partial charge on any atom is -0.310 e. The normalized spacial score (nSPS) is 12.0. The highest BCUT2D eigenvalue weighted by atomic mass is 15.2. The quantitative estimate of drug-likeness (QED) is 0.122.